The summed E-state index contributed by atoms with van der Waals surface area (Å²) in [5, 5.41) is 8.10. The average Bonchev–Trinajstić information content (AvgIpc) is 2.39. The number of nitrogens with one attached hydrogen (secondary N) is 1. The van der Waals surface area contributed by atoms with E-state index in [1.54, 1.807) is 19.9 Å². The molecule has 0 aliphatic carbocycles. The van der Waals surface area contributed by atoms with Crippen molar-refractivity contribution < 1.29 is 13.2 Å². The number of amides is 1. The molecule has 1 atom stereocenters. The van der Waals surface area contributed by atoms with E-state index >= 15 is 0 Å². The van der Waals surface area contributed by atoms with E-state index in [9.17, 15) is 13.2 Å². The van der Waals surface area contributed by atoms with Crippen molar-refractivity contribution in [3.05, 3.63) is 28.8 Å². The molecule has 1 rings (SSSR count). The van der Waals surface area contributed by atoms with Crippen LogP contribution in [-0.2, 0) is 10.0 Å². The number of rotatable bonds is 5. The Morgan fingerprint density at radius 1 is 1.30 bits per heavy atom. The summed E-state index contributed by atoms with van der Waals surface area (Å²) in [4.78, 5) is 12.4. The highest BCUT2D eigenvalue weighted by atomic mass is 35.5. The Hall–Kier alpha value is -1.15. The Balaban J connectivity index is 0.00000484. The van der Waals surface area contributed by atoms with Gasteiger partial charge in [-0.25, -0.2) is 13.6 Å². The first kappa shape index (κ1) is 21.9. The third-order valence-electron chi connectivity index (χ3n) is 4.29. The van der Waals surface area contributed by atoms with Crippen LogP contribution in [-0.4, -0.2) is 26.4 Å². The van der Waals surface area contributed by atoms with Crippen molar-refractivity contribution in [2.45, 2.75) is 45.1 Å². The molecule has 0 aliphatic heterocycles. The van der Waals surface area contributed by atoms with E-state index in [-0.39, 0.29) is 41.2 Å². The number of carbonyl (C=O) groups excluding carboxylic acids is 1. The zero-order valence-electron chi connectivity index (χ0n) is 14.1. The van der Waals surface area contributed by atoms with Crippen LogP contribution in [0.1, 0.15) is 42.3 Å². The normalized spacial score (nSPS) is 14.1. The lowest BCUT2D eigenvalue weighted by Crippen LogP contribution is -2.55. The fourth-order valence-corrected chi connectivity index (χ4v) is 2.90. The van der Waals surface area contributed by atoms with Crippen LogP contribution in [0.25, 0.3) is 0 Å². The molecule has 132 valence electrons. The van der Waals surface area contributed by atoms with Gasteiger partial charge in [0, 0.05) is 12.1 Å². The van der Waals surface area contributed by atoms with E-state index < -0.39 is 15.6 Å². The summed E-state index contributed by atoms with van der Waals surface area (Å²) < 4.78 is 23.3. The number of hydrogen-bond acceptors (Lipinski definition) is 4. The molecule has 1 amide bonds. The highest BCUT2D eigenvalue weighted by molar-refractivity contribution is 7.89. The second-order valence-corrected chi connectivity index (χ2v) is 7.72. The fraction of sp³-hybridized carbons (Fsp3) is 0.533. The van der Waals surface area contributed by atoms with E-state index in [0.717, 1.165) is 0 Å². The SMILES string of the molecule is Cc1cc(C(=O)NC(C)(CN)C(C)C)cc(S(N)(=O)=O)c1C.Cl. The van der Waals surface area contributed by atoms with Crippen molar-refractivity contribution >= 4 is 28.3 Å². The van der Waals surface area contributed by atoms with Crippen molar-refractivity contribution in [1.29, 1.82) is 0 Å². The van der Waals surface area contributed by atoms with E-state index in [1.165, 1.54) is 6.07 Å². The van der Waals surface area contributed by atoms with E-state index in [2.05, 4.69) is 5.32 Å². The maximum atomic E-state index is 12.5. The summed E-state index contributed by atoms with van der Waals surface area (Å²) in [6, 6.07) is 2.96. The van der Waals surface area contributed by atoms with Crippen molar-refractivity contribution in [2.75, 3.05) is 6.54 Å². The molecule has 0 bridgehead atoms. The van der Waals surface area contributed by atoms with Gasteiger partial charge < -0.3 is 11.1 Å². The van der Waals surface area contributed by atoms with Gasteiger partial charge in [0.05, 0.1) is 10.4 Å². The van der Waals surface area contributed by atoms with E-state index in [4.69, 9.17) is 10.9 Å². The second-order valence-electron chi connectivity index (χ2n) is 6.19. The lowest BCUT2D eigenvalue weighted by atomic mass is 9.88. The number of hydrogen-bond donors (Lipinski definition) is 3. The minimum atomic E-state index is -3.88. The van der Waals surface area contributed by atoms with Crippen LogP contribution in [0.4, 0.5) is 0 Å². The summed E-state index contributed by atoms with van der Waals surface area (Å²) in [5.41, 5.74) is 6.68. The summed E-state index contributed by atoms with van der Waals surface area (Å²) in [6.07, 6.45) is 0. The Labute approximate surface area is 144 Å². The van der Waals surface area contributed by atoms with Crippen LogP contribution < -0.4 is 16.2 Å². The predicted octanol–water partition coefficient (Wildman–Crippen LogP) is 1.48. The van der Waals surface area contributed by atoms with Crippen LogP contribution in [0.3, 0.4) is 0 Å². The van der Waals surface area contributed by atoms with Gasteiger partial charge in [0.2, 0.25) is 10.0 Å². The monoisotopic (exact) mass is 363 g/mol. The molecule has 0 aliphatic rings. The van der Waals surface area contributed by atoms with Crippen molar-refractivity contribution in [3.8, 4) is 0 Å². The van der Waals surface area contributed by atoms with Gasteiger partial charge in [-0.05, 0) is 49.9 Å². The number of carbonyl (C=O) groups is 1. The molecular weight excluding hydrogens is 338 g/mol. The van der Waals surface area contributed by atoms with Crippen LogP contribution in [0.2, 0.25) is 0 Å². The number of aryl methyl sites for hydroxylation is 1. The molecular formula is C15H26ClN3O3S. The largest absolute Gasteiger partial charge is 0.345 e. The molecule has 6 nitrogen and oxygen atoms in total. The zero-order valence-corrected chi connectivity index (χ0v) is 15.8. The minimum absolute atomic E-state index is 0. The van der Waals surface area contributed by atoms with Crippen molar-refractivity contribution in [1.82, 2.24) is 5.32 Å². The van der Waals surface area contributed by atoms with Crippen molar-refractivity contribution in [2.24, 2.45) is 16.8 Å². The third-order valence-corrected chi connectivity index (χ3v) is 5.32. The molecule has 1 aromatic carbocycles. The first-order valence-electron chi connectivity index (χ1n) is 7.09. The van der Waals surface area contributed by atoms with Gasteiger partial charge in [0.1, 0.15) is 0 Å². The van der Waals surface area contributed by atoms with Gasteiger partial charge in [0.25, 0.3) is 5.91 Å². The number of halogens is 1. The first-order valence-corrected chi connectivity index (χ1v) is 8.63. The Morgan fingerprint density at radius 2 is 1.83 bits per heavy atom. The molecule has 0 fully saturated rings. The molecule has 1 unspecified atom stereocenters. The van der Waals surface area contributed by atoms with Crippen LogP contribution in [0.5, 0.6) is 0 Å². The molecule has 8 heteroatoms. The Bertz CT molecular complexity index is 689. The average molecular weight is 364 g/mol. The predicted molar refractivity (Wildman–Crippen MR) is 94.3 cm³/mol. The second kappa shape index (κ2) is 7.61. The number of primary sulfonamides is 1. The van der Waals surface area contributed by atoms with Gasteiger partial charge in [-0.1, -0.05) is 13.8 Å². The van der Waals surface area contributed by atoms with E-state index in [0.29, 0.717) is 11.1 Å². The molecule has 0 saturated carbocycles. The van der Waals surface area contributed by atoms with Gasteiger partial charge >= 0.3 is 0 Å². The van der Waals surface area contributed by atoms with Gasteiger partial charge in [-0.3, -0.25) is 4.79 Å². The van der Waals surface area contributed by atoms with Crippen molar-refractivity contribution in [3.63, 3.8) is 0 Å². The molecule has 0 heterocycles. The molecule has 0 spiro atoms. The number of benzene rings is 1. The summed E-state index contributed by atoms with van der Waals surface area (Å²) >= 11 is 0. The molecule has 23 heavy (non-hydrogen) atoms. The maximum Gasteiger partial charge on any atom is 0.251 e. The summed E-state index contributed by atoms with van der Waals surface area (Å²) in [6.45, 7) is 9.47. The molecule has 0 saturated heterocycles. The topological polar surface area (TPSA) is 115 Å². The zero-order chi connectivity index (χ0) is 17.3. The highest BCUT2D eigenvalue weighted by Crippen LogP contribution is 2.21. The Morgan fingerprint density at radius 3 is 2.22 bits per heavy atom. The Kier molecular flexibility index (Phi) is 7.23. The molecule has 1 aromatic rings. The van der Waals surface area contributed by atoms with Crippen LogP contribution in [0, 0.1) is 19.8 Å². The highest BCUT2D eigenvalue weighted by Gasteiger charge is 2.29. The van der Waals surface area contributed by atoms with Gasteiger partial charge in [-0.2, -0.15) is 0 Å². The summed E-state index contributed by atoms with van der Waals surface area (Å²) in [5.74, 6) is -0.236. The standard InChI is InChI=1S/C15H25N3O3S.ClH/c1-9(2)15(5,8-16)18-14(19)12-6-10(3)11(4)13(7-12)22(17,20)21;/h6-7,9H,8,16H2,1-5H3,(H,18,19)(H2,17,20,21);1H. The molecule has 0 aromatic heterocycles. The number of sulfonamides is 1. The maximum absolute atomic E-state index is 12.5. The fourth-order valence-electron chi connectivity index (χ4n) is 2.02. The number of nitrogens with two attached hydrogens (primary N) is 2. The minimum Gasteiger partial charge on any atom is -0.345 e. The first-order chi connectivity index (χ1) is 9.92. The van der Waals surface area contributed by atoms with Gasteiger partial charge in [-0.15, -0.1) is 12.4 Å². The summed E-state index contributed by atoms with van der Waals surface area (Å²) in [7, 11) is -3.88. The quantitative estimate of drug-likeness (QED) is 0.734. The third kappa shape index (κ3) is 4.91. The lowest BCUT2D eigenvalue weighted by molar-refractivity contribution is 0.0883. The van der Waals surface area contributed by atoms with Gasteiger partial charge in [0.15, 0.2) is 0 Å². The molecule has 5 N–H and O–H groups in total. The van der Waals surface area contributed by atoms with E-state index in [1.807, 2.05) is 20.8 Å². The smallest absolute Gasteiger partial charge is 0.251 e. The van der Waals surface area contributed by atoms with Crippen LogP contribution >= 0.6 is 12.4 Å². The van der Waals surface area contributed by atoms with Crippen LogP contribution in [0.15, 0.2) is 17.0 Å². The molecule has 0 radical (unpaired) electrons. The lowest BCUT2D eigenvalue weighted by Gasteiger charge is -2.33.